The molecule has 1 N–H and O–H groups in total. The number of amidine groups is 1. The average Bonchev–Trinajstić information content (AvgIpc) is 2.98. The van der Waals surface area contributed by atoms with Crippen LogP contribution < -0.4 is 5.32 Å². The van der Waals surface area contributed by atoms with Crippen molar-refractivity contribution >= 4 is 40.1 Å². The molecule has 0 bridgehead atoms. The van der Waals surface area contributed by atoms with Gasteiger partial charge in [-0.15, -0.1) is 0 Å². The van der Waals surface area contributed by atoms with Crippen LogP contribution in [0.2, 0.25) is 0 Å². The Balaban J connectivity index is 1.74. The van der Waals surface area contributed by atoms with Gasteiger partial charge in [-0.05, 0) is 49.6 Å². The fourth-order valence-corrected chi connectivity index (χ4v) is 4.37. The molecule has 2 aromatic carbocycles. The Labute approximate surface area is 181 Å². The fourth-order valence-electron chi connectivity index (χ4n) is 3.19. The van der Waals surface area contributed by atoms with Crippen LogP contribution in [0.4, 0.5) is 11.4 Å². The quantitative estimate of drug-likeness (QED) is 0.640. The molecule has 1 atom stereocenters. The highest BCUT2D eigenvalue weighted by atomic mass is 32.2. The van der Waals surface area contributed by atoms with Crippen molar-refractivity contribution in [2.45, 2.75) is 31.9 Å². The molecule has 2 aromatic rings. The second-order valence-electron chi connectivity index (χ2n) is 7.24. The van der Waals surface area contributed by atoms with E-state index in [2.05, 4.69) is 5.32 Å². The summed E-state index contributed by atoms with van der Waals surface area (Å²) in [6.07, 6.45) is 0.809. The fraction of sp³-hybridized carbons (Fsp3) is 0.348. The number of carbonyl (C=O) groups is 2. The van der Waals surface area contributed by atoms with Crippen molar-refractivity contribution < 1.29 is 14.3 Å². The monoisotopic (exact) mass is 425 g/mol. The molecule has 0 radical (unpaired) electrons. The van der Waals surface area contributed by atoms with E-state index in [1.165, 1.54) is 11.8 Å². The van der Waals surface area contributed by atoms with E-state index in [9.17, 15) is 9.59 Å². The largest absolute Gasteiger partial charge is 0.385 e. The SMILES string of the molecule is COCCCN1C(=O)[C@@H](CC(=O)Nc2ccccc2C)SC1=Nc1cccc(C)c1. The third kappa shape index (κ3) is 5.70. The third-order valence-corrected chi connectivity index (χ3v) is 5.94. The zero-order valence-electron chi connectivity index (χ0n) is 17.6. The summed E-state index contributed by atoms with van der Waals surface area (Å²) >= 11 is 1.35. The Bertz CT molecular complexity index is 945. The molecule has 1 fully saturated rings. The number of methoxy groups -OCH3 is 1. The lowest BCUT2D eigenvalue weighted by Gasteiger charge is -2.16. The van der Waals surface area contributed by atoms with Crippen LogP contribution in [0.3, 0.4) is 0 Å². The van der Waals surface area contributed by atoms with Crippen LogP contribution in [-0.4, -0.2) is 47.4 Å². The normalized spacial score (nSPS) is 17.6. The minimum atomic E-state index is -0.486. The number of nitrogens with one attached hydrogen (secondary N) is 1. The number of hydrogen-bond acceptors (Lipinski definition) is 5. The zero-order valence-corrected chi connectivity index (χ0v) is 18.4. The van der Waals surface area contributed by atoms with E-state index < -0.39 is 5.25 Å². The van der Waals surface area contributed by atoms with Gasteiger partial charge < -0.3 is 10.1 Å². The van der Waals surface area contributed by atoms with E-state index >= 15 is 0 Å². The zero-order chi connectivity index (χ0) is 21.5. The van der Waals surface area contributed by atoms with Crippen molar-refractivity contribution in [1.82, 2.24) is 4.90 Å². The molecule has 7 heteroatoms. The van der Waals surface area contributed by atoms with Gasteiger partial charge in [0, 0.05) is 32.4 Å². The predicted octanol–water partition coefficient (Wildman–Crippen LogP) is 4.30. The van der Waals surface area contributed by atoms with Crippen LogP contribution in [0.15, 0.2) is 53.5 Å². The number of carbonyl (C=O) groups excluding carboxylic acids is 2. The van der Waals surface area contributed by atoms with Crippen molar-refractivity contribution in [3.05, 3.63) is 59.7 Å². The lowest BCUT2D eigenvalue weighted by atomic mass is 10.2. The summed E-state index contributed by atoms with van der Waals surface area (Å²) in [7, 11) is 1.64. The van der Waals surface area contributed by atoms with Crippen LogP contribution in [0.25, 0.3) is 0 Å². The molecule has 1 aliphatic heterocycles. The van der Waals surface area contributed by atoms with E-state index in [1.54, 1.807) is 12.0 Å². The Morgan fingerprint density at radius 3 is 2.73 bits per heavy atom. The molecule has 0 aliphatic carbocycles. The van der Waals surface area contributed by atoms with Crippen LogP contribution in [0.5, 0.6) is 0 Å². The summed E-state index contributed by atoms with van der Waals surface area (Å²) in [5, 5.41) is 3.06. The molecule has 0 saturated carbocycles. The van der Waals surface area contributed by atoms with Crippen molar-refractivity contribution in [3.8, 4) is 0 Å². The number of thioether (sulfide) groups is 1. The maximum Gasteiger partial charge on any atom is 0.242 e. The number of aliphatic imine (C=N–C) groups is 1. The summed E-state index contributed by atoms with van der Waals surface area (Å²) in [6.45, 7) is 5.02. The van der Waals surface area contributed by atoms with Crippen molar-refractivity contribution in [2.24, 2.45) is 4.99 Å². The van der Waals surface area contributed by atoms with Crippen LogP contribution in [-0.2, 0) is 14.3 Å². The number of ether oxygens (including phenoxy) is 1. The van der Waals surface area contributed by atoms with Crippen LogP contribution in [0.1, 0.15) is 24.0 Å². The topological polar surface area (TPSA) is 71.0 Å². The van der Waals surface area contributed by atoms with E-state index in [0.29, 0.717) is 24.7 Å². The summed E-state index contributed by atoms with van der Waals surface area (Å²) in [5.41, 5.74) is 3.65. The van der Waals surface area contributed by atoms with E-state index in [0.717, 1.165) is 22.5 Å². The van der Waals surface area contributed by atoms with Gasteiger partial charge in [0.1, 0.15) is 5.25 Å². The lowest BCUT2D eigenvalue weighted by molar-refractivity contribution is -0.128. The van der Waals surface area contributed by atoms with Gasteiger partial charge in [-0.1, -0.05) is 42.1 Å². The number of anilines is 1. The average molecular weight is 426 g/mol. The second-order valence-corrected chi connectivity index (χ2v) is 8.41. The minimum Gasteiger partial charge on any atom is -0.385 e. The molecule has 2 amide bonds. The highest BCUT2D eigenvalue weighted by Crippen LogP contribution is 2.32. The van der Waals surface area contributed by atoms with Crippen molar-refractivity contribution in [3.63, 3.8) is 0 Å². The molecule has 1 heterocycles. The van der Waals surface area contributed by atoms with E-state index in [-0.39, 0.29) is 18.2 Å². The maximum absolute atomic E-state index is 13.0. The summed E-state index contributed by atoms with van der Waals surface area (Å²) in [5.74, 6) is -0.258. The molecule has 30 heavy (non-hydrogen) atoms. The smallest absolute Gasteiger partial charge is 0.242 e. The summed E-state index contributed by atoms with van der Waals surface area (Å²) in [4.78, 5) is 32.0. The molecule has 158 valence electrons. The first-order valence-electron chi connectivity index (χ1n) is 9.95. The highest BCUT2D eigenvalue weighted by molar-refractivity contribution is 8.15. The molecule has 0 aromatic heterocycles. The van der Waals surface area contributed by atoms with Gasteiger partial charge in [0.05, 0.1) is 5.69 Å². The molecule has 1 aliphatic rings. The maximum atomic E-state index is 13.0. The Hall–Kier alpha value is -2.64. The molecular formula is C23H27N3O3S. The molecule has 0 unspecified atom stereocenters. The summed E-state index contributed by atoms with van der Waals surface area (Å²) < 4.78 is 5.13. The van der Waals surface area contributed by atoms with Gasteiger partial charge in [0.25, 0.3) is 0 Å². The molecular weight excluding hydrogens is 398 g/mol. The molecule has 3 rings (SSSR count). The molecule has 0 spiro atoms. The second kappa shape index (κ2) is 10.4. The van der Waals surface area contributed by atoms with Gasteiger partial charge in [-0.25, -0.2) is 4.99 Å². The summed E-state index contributed by atoms with van der Waals surface area (Å²) in [6, 6.07) is 15.4. The number of amides is 2. The minimum absolute atomic E-state index is 0.0811. The number of benzene rings is 2. The standard InChI is InChI=1S/C23H27N3O3S/c1-16-8-6-10-18(14-16)24-23-26(12-7-13-29-3)22(28)20(30-23)15-21(27)25-19-11-5-4-9-17(19)2/h4-6,8-11,14,20H,7,12-13,15H2,1-3H3,(H,25,27)/t20-/m1/s1. The van der Waals surface area contributed by atoms with Crippen molar-refractivity contribution in [2.75, 3.05) is 25.6 Å². The van der Waals surface area contributed by atoms with E-state index in [4.69, 9.17) is 9.73 Å². The van der Waals surface area contributed by atoms with Gasteiger partial charge in [0.15, 0.2) is 5.17 Å². The van der Waals surface area contributed by atoms with Crippen LogP contribution in [0, 0.1) is 13.8 Å². The molecule has 1 saturated heterocycles. The molecule has 6 nitrogen and oxygen atoms in total. The predicted molar refractivity (Wildman–Crippen MR) is 122 cm³/mol. The first-order chi connectivity index (χ1) is 14.5. The van der Waals surface area contributed by atoms with Gasteiger partial charge >= 0.3 is 0 Å². The van der Waals surface area contributed by atoms with Gasteiger partial charge in [-0.3, -0.25) is 14.5 Å². The van der Waals surface area contributed by atoms with Gasteiger partial charge in [-0.2, -0.15) is 0 Å². The number of aryl methyl sites for hydroxylation is 2. The number of hydrogen-bond donors (Lipinski definition) is 1. The Kier molecular flexibility index (Phi) is 7.65. The first kappa shape index (κ1) is 22.1. The third-order valence-electron chi connectivity index (χ3n) is 4.77. The highest BCUT2D eigenvalue weighted by Gasteiger charge is 2.38. The lowest BCUT2D eigenvalue weighted by Crippen LogP contribution is -2.34. The number of para-hydroxylation sites is 1. The van der Waals surface area contributed by atoms with Crippen LogP contribution >= 0.6 is 11.8 Å². The number of rotatable bonds is 8. The Morgan fingerprint density at radius 2 is 2.00 bits per heavy atom. The van der Waals surface area contributed by atoms with Gasteiger partial charge in [0.2, 0.25) is 11.8 Å². The van der Waals surface area contributed by atoms with Crippen molar-refractivity contribution in [1.29, 1.82) is 0 Å². The first-order valence-corrected chi connectivity index (χ1v) is 10.8. The number of nitrogens with zero attached hydrogens (tertiary/aromatic N) is 2. The Morgan fingerprint density at radius 1 is 1.20 bits per heavy atom. The van der Waals surface area contributed by atoms with E-state index in [1.807, 2.05) is 62.4 Å².